The lowest BCUT2D eigenvalue weighted by Gasteiger charge is -2.07. The molecule has 28 heavy (non-hydrogen) atoms. The minimum absolute atomic E-state index is 0.0278. The van der Waals surface area contributed by atoms with E-state index in [1.165, 1.54) is 21.8 Å². The second-order valence-electron chi connectivity index (χ2n) is 6.59. The van der Waals surface area contributed by atoms with Gasteiger partial charge in [-0.1, -0.05) is 29.8 Å². The van der Waals surface area contributed by atoms with Crippen LogP contribution in [0.2, 0.25) is 5.02 Å². The lowest BCUT2D eigenvalue weighted by molar-refractivity contribution is -0.115. The number of anilines is 1. The fraction of sp³-hybridized carbons (Fsp3) is 0.174. The fourth-order valence-electron chi connectivity index (χ4n) is 3.49. The number of fused-ring (bicyclic) bond motifs is 3. The van der Waals surface area contributed by atoms with Crippen molar-refractivity contribution < 1.29 is 4.79 Å². The van der Waals surface area contributed by atoms with Crippen LogP contribution in [0.15, 0.2) is 71.6 Å². The predicted molar refractivity (Wildman–Crippen MR) is 121 cm³/mol. The van der Waals surface area contributed by atoms with E-state index in [0.717, 1.165) is 27.9 Å². The van der Waals surface area contributed by atoms with Crippen LogP contribution in [0.1, 0.15) is 13.3 Å². The van der Waals surface area contributed by atoms with Gasteiger partial charge in [0.15, 0.2) is 0 Å². The Morgan fingerprint density at radius 1 is 1.00 bits per heavy atom. The number of hydrogen-bond donors (Lipinski definition) is 1. The molecule has 4 rings (SSSR count). The molecule has 4 aromatic rings. The van der Waals surface area contributed by atoms with Crippen molar-refractivity contribution in [3.63, 3.8) is 0 Å². The van der Waals surface area contributed by atoms with Crippen molar-refractivity contribution in [1.82, 2.24) is 4.57 Å². The van der Waals surface area contributed by atoms with Gasteiger partial charge in [-0.25, -0.2) is 0 Å². The first kappa shape index (κ1) is 18.9. The molecule has 0 saturated carbocycles. The Bertz CT molecular complexity index is 1130. The van der Waals surface area contributed by atoms with E-state index in [9.17, 15) is 4.79 Å². The molecule has 0 spiro atoms. The Morgan fingerprint density at radius 3 is 2.54 bits per heavy atom. The summed E-state index contributed by atoms with van der Waals surface area (Å²) in [5, 5.41) is 6.15. The van der Waals surface area contributed by atoms with Crippen LogP contribution >= 0.6 is 23.4 Å². The Labute approximate surface area is 173 Å². The van der Waals surface area contributed by atoms with Gasteiger partial charge >= 0.3 is 0 Å². The van der Waals surface area contributed by atoms with Gasteiger partial charge in [-0.15, -0.1) is 11.8 Å². The molecule has 3 aromatic carbocycles. The molecule has 0 bridgehead atoms. The maximum absolute atomic E-state index is 12.4. The zero-order valence-electron chi connectivity index (χ0n) is 15.6. The first-order valence-electron chi connectivity index (χ1n) is 9.35. The predicted octanol–water partition coefficient (Wildman–Crippen LogP) is 6.59. The van der Waals surface area contributed by atoms with E-state index < -0.39 is 0 Å². The summed E-state index contributed by atoms with van der Waals surface area (Å²) in [5.74, 6) is 0.755. The topological polar surface area (TPSA) is 34.0 Å². The van der Waals surface area contributed by atoms with Crippen molar-refractivity contribution in [1.29, 1.82) is 0 Å². The Morgan fingerprint density at radius 2 is 1.75 bits per heavy atom. The lowest BCUT2D eigenvalue weighted by atomic mass is 10.1. The van der Waals surface area contributed by atoms with Gasteiger partial charge in [-0.05, 0) is 55.5 Å². The van der Waals surface area contributed by atoms with Gasteiger partial charge in [0.25, 0.3) is 0 Å². The summed E-state index contributed by atoms with van der Waals surface area (Å²) < 4.78 is 2.30. The Kier molecular flexibility index (Phi) is 5.60. The third-order valence-electron chi connectivity index (χ3n) is 4.78. The largest absolute Gasteiger partial charge is 0.341 e. The number of aromatic nitrogens is 1. The number of benzene rings is 3. The number of nitrogens with zero attached hydrogens (tertiary/aromatic N) is 1. The third-order valence-corrected chi connectivity index (χ3v) is 6.05. The SMILES string of the molecule is CCn1c2ccccc2c2cc(NC(=O)CCSc3ccc(Cl)cc3)ccc21. The van der Waals surface area contributed by atoms with Crippen molar-refractivity contribution in [2.45, 2.75) is 24.8 Å². The van der Waals surface area contributed by atoms with Gasteiger partial charge in [0, 0.05) is 56.1 Å². The molecule has 1 aromatic heterocycles. The van der Waals surface area contributed by atoms with Crippen molar-refractivity contribution >= 4 is 56.8 Å². The van der Waals surface area contributed by atoms with E-state index in [4.69, 9.17) is 11.6 Å². The maximum atomic E-state index is 12.4. The molecule has 1 N–H and O–H groups in total. The van der Waals surface area contributed by atoms with Gasteiger partial charge in [0.2, 0.25) is 5.91 Å². The van der Waals surface area contributed by atoms with Gasteiger partial charge in [0.1, 0.15) is 0 Å². The number of nitrogens with one attached hydrogen (secondary N) is 1. The summed E-state index contributed by atoms with van der Waals surface area (Å²) in [7, 11) is 0. The van der Waals surface area contributed by atoms with Gasteiger partial charge in [0.05, 0.1) is 0 Å². The maximum Gasteiger partial charge on any atom is 0.225 e. The van der Waals surface area contributed by atoms with Crippen LogP contribution in [0.3, 0.4) is 0 Å². The third kappa shape index (κ3) is 3.89. The van der Waals surface area contributed by atoms with E-state index >= 15 is 0 Å². The lowest BCUT2D eigenvalue weighted by Crippen LogP contribution is -2.12. The molecular formula is C23H21ClN2OS. The molecule has 0 atom stereocenters. The molecule has 142 valence electrons. The highest BCUT2D eigenvalue weighted by Gasteiger charge is 2.11. The van der Waals surface area contributed by atoms with Crippen LogP contribution in [-0.4, -0.2) is 16.2 Å². The number of thioether (sulfide) groups is 1. The van der Waals surface area contributed by atoms with Crippen LogP contribution in [0.4, 0.5) is 5.69 Å². The average molecular weight is 409 g/mol. The van der Waals surface area contributed by atoms with Crippen molar-refractivity contribution in [3.8, 4) is 0 Å². The number of amides is 1. The molecule has 0 fully saturated rings. The molecule has 3 nitrogen and oxygen atoms in total. The van der Waals surface area contributed by atoms with Crippen LogP contribution in [0.25, 0.3) is 21.8 Å². The minimum atomic E-state index is 0.0278. The summed E-state index contributed by atoms with van der Waals surface area (Å²) in [6.07, 6.45) is 0.460. The zero-order chi connectivity index (χ0) is 19.5. The van der Waals surface area contributed by atoms with E-state index in [-0.39, 0.29) is 5.91 Å². The number of aryl methyl sites for hydroxylation is 1. The number of hydrogen-bond acceptors (Lipinski definition) is 2. The average Bonchev–Trinajstić information content (AvgIpc) is 3.02. The number of para-hydroxylation sites is 1. The smallest absolute Gasteiger partial charge is 0.225 e. The van der Waals surface area contributed by atoms with Crippen LogP contribution in [0.5, 0.6) is 0 Å². The second-order valence-corrected chi connectivity index (χ2v) is 8.20. The highest BCUT2D eigenvalue weighted by Crippen LogP contribution is 2.31. The summed E-state index contributed by atoms with van der Waals surface area (Å²) in [4.78, 5) is 13.5. The fourth-order valence-corrected chi connectivity index (χ4v) is 4.47. The van der Waals surface area contributed by atoms with Gasteiger partial charge < -0.3 is 9.88 Å². The van der Waals surface area contributed by atoms with Gasteiger partial charge in [-0.3, -0.25) is 4.79 Å². The highest BCUT2D eigenvalue weighted by molar-refractivity contribution is 7.99. The first-order chi connectivity index (χ1) is 13.7. The number of rotatable bonds is 6. The molecule has 0 aliphatic rings. The van der Waals surface area contributed by atoms with E-state index in [1.807, 2.05) is 30.3 Å². The van der Waals surface area contributed by atoms with E-state index in [2.05, 4.69) is 53.2 Å². The van der Waals surface area contributed by atoms with Crippen molar-refractivity contribution in [2.24, 2.45) is 0 Å². The molecular weight excluding hydrogens is 388 g/mol. The highest BCUT2D eigenvalue weighted by atomic mass is 35.5. The molecule has 5 heteroatoms. The standard InChI is InChI=1S/C23H21ClN2OS/c1-2-26-21-6-4-3-5-19(21)20-15-17(9-12-22(20)26)25-23(27)13-14-28-18-10-7-16(24)8-11-18/h3-12,15H,2,13-14H2,1H3,(H,25,27). The van der Waals surface area contributed by atoms with Crippen molar-refractivity contribution in [3.05, 3.63) is 71.8 Å². The Balaban J connectivity index is 1.46. The Hall–Kier alpha value is -2.43. The molecule has 0 unspecified atom stereocenters. The summed E-state index contributed by atoms with van der Waals surface area (Å²) >= 11 is 7.56. The molecule has 0 aliphatic heterocycles. The molecule has 0 saturated heterocycles. The van der Waals surface area contributed by atoms with Gasteiger partial charge in [-0.2, -0.15) is 0 Å². The summed E-state index contributed by atoms with van der Waals surface area (Å²) in [5.41, 5.74) is 3.26. The number of halogens is 1. The minimum Gasteiger partial charge on any atom is -0.341 e. The quantitative estimate of drug-likeness (QED) is 0.365. The molecule has 1 amide bonds. The van der Waals surface area contributed by atoms with E-state index in [0.29, 0.717) is 6.42 Å². The van der Waals surface area contributed by atoms with Crippen LogP contribution < -0.4 is 5.32 Å². The van der Waals surface area contributed by atoms with E-state index in [1.54, 1.807) is 11.8 Å². The van der Waals surface area contributed by atoms with Crippen LogP contribution in [-0.2, 0) is 11.3 Å². The first-order valence-corrected chi connectivity index (χ1v) is 10.7. The zero-order valence-corrected chi connectivity index (χ0v) is 17.2. The van der Waals surface area contributed by atoms with Crippen molar-refractivity contribution in [2.75, 3.05) is 11.1 Å². The normalized spacial score (nSPS) is 11.2. The summed E-state index contributed by atoms with van der Waals surface area (Å²) in [6, 6.07) is 22.2. The van der Waals surface area contributed by atoms with Crippen LogP contribution in [0, 0.1) is 0 Å². The summed E-state index contributed by atoms with van der Waals surface area (Å²) in [6.45, 7) is 3.07. The number of carbonyl (C=O) groups is 1. The molecule has 0 aliphatic carbocycles. The monoisotopic (exact) mass is 408 g/mol. The number of carbonyl (C=O) groups excluding carboxylic acids is 1. The molecule has 0 radical (unpaired) electrons. The molecule has 1 heterocycles. The second kappa shape index (κ2) is 8.29.